The highest BCUT2D eigenvalue weighted by Gasteiger charge is 2.22. The minimum absolute atomic E-state index is 0.139. The highest BCUT2D eigenvalue weighted by Crippen LogP contribution is 2.22. The lowest BCUT2D eigenvalue weighted by atomic mass is 10.4. The molecule has 0 saturated carbocycles. The highest BCUT2D eigenvalue weighted by atomic mass is 32.2. The van der Waals surface area contributed by atoms with Crippen molar-refractivity contribution in [2.24, 2.45) is 0 Å². The lowest BCUT2D eigenvalue weighted by Crippen LogP contribution is -2.07. The molecule has 0 radical (unpaired) electrons. The largest absolute Gasteiger partial charge is 0.160 e. The Morgan fingerprint density at radius 3 is 2.40 bits per heavy atom. The van der Waals surface area contributed by atoms with E-state index in [1.165, 1.54) is 9.80 Å². The van der Waals surface area contributed by atoms with Gasteiger partial charge in [-0.1, -0.05) is 37.4 Å². The molecule has 0 N–H and O–H groups in total. The minimum atomic E-state index is 0.139. The topological polar surface area (TPSA) is 0 Å². The monoisotopic (exact) mass is 217 g/mol. The third-order valence-corrected chi connectivity index (χ3v) is 4.37. The van der Waals surface area contributed by atoms with E-state index in [0.29, 0.717) is 0 Å². The smallest absolute Gasteiger partial charge is 0.0989 e. The van der Waals surface area contributed by atoms with E-state index in [9.17, 15) is 0 Å². The molecule has 0 aliphatic rings. The van der Waals surface area contributed by atoms with Crippen LogP contribution in [0.25, 0.3) is 0 Å². The molecular formula is C14H17S+. The molecule has 0 aliphatic heterocycles. The standard InChI is InChI=1S/C14H17S/c1-4-10-13(5-2)15(6-3)14-11-8-7-9-12-14/h4-5,7-12H,1-2,6H2,3H3/q+1/b13-10+. The van der Waals surface area contributed by atoms with Gasteiger partial charge in [-0.25, -0.2) is 0 Å². The lowest BCUT2D eigenvalue weighted by Gasteiger charge is -2.05. The highest BCUT2D eigenvalue weighted by molar-refractivity contribution is 8.00. The minimum Gasteiger partial charge on any atom is -0.0989 e. The number of hydrogen-bond acceptors (Lipinski definition) is 0. The number of hydrogen-bond donors (Lipinski definition) is 0. The zero-order chi connectivity index (χ0) is 11.1. The molecule has 1 unspecified atom stereocenters. The summed E-state index contributed by atoms with van der Waals surface area (Å²) in [6.45, 7) is 9.81. The lowest BCUT2D eigenvalue weighted by molar-refractivity contribution is 1.40. The van der Waals surface area contributed by atoms with Crippen LogP contribution in [0, 0.1) is 0 Å². The van der Waals surface area contributed by atoms with Crippen molar-refractivity contribution in [3.05, 3.63) is 66.6 Å². The van der Waals surface area contributed by atoms with Crippen molar-refractivity contribution in [2.45, 2.75) is 11.8 Å². The van der Waals surface area contributed by atoms with Gasteiger partial charge in [0.2, 0.25) is 0 Å². The van der Waals surface area contributed by atoms with Crippen LogP contribution in [0.1, 0.15) is 6.92 Å². The summed E-state index contributed by atoms with van der Waals surface area (Å²) in [5.41, 5.74) is 0. The van der Waals surface area contributed by atoms with Crippen molar-refractivity contribution >= 4 is 10.9 Å². The molecule has 0 heterocycles. The Bertz CT molecular complexity index is 349. The summed E-state index contributed by atoms with van der Waals surface area (Å²) in [5, 5.41) is 0. The third kappa shape index (κ3) is 3.14. The summed E-state index contributed by atoms with van der Waals surface area (Å²) >= 11 is 0. The van der Waals surface area contributed by atoms with Gasteiger partial charge in [-0.05, 0) is 31.2 Å². The molecule has 0 bridgehead atoms. The first-order valence-corrected chi connectivity index (χ1v) is 6.44. The maximum Gasteiger partial charge on any atom is 0.160 e. The number of allylic oxidation sites excluding steroid dienone is 3. The summed E-state index contributed by atoms with van der Waals surface area (Å²) in [6.07, 6.45) is 5.81. The Morgan fingerprint density at radius 2 is 1.93 bits per heavy atom. The zero-order valence-electron chi connectivity index (χ0n) is 9.15. The van der Waals surface area contributed by atoms with Gasteiger partial charge in [0.05, 0.1) is 10.9 Å². The van der Waals surface area contributed by atoms with E-state index in [0.717, 1.165) is 5.75 Å². The van der Waals surface area contributed by atoms with Crippen molar-refractivity contribution in [3.63, 3.8) is 0 Å². The van der Waals surface area contributed by atoms with Crippen LogP contribution in [0.5, 0.6) is 0 Å². The van der Waals surface area contributed by atoms with Gasteiger partial charge in [0.25, 0.3) is 0 Å². The Balaban J connectivity index is 3.03. The average Bonchev–Trinajstić information content (AvgIpc) is 2.30. The molecule has 0 fully saturated rings. The molecule has 1 aromatic rings. The van der Waals surface area contributed by atoms with Gasteiger partial charge in [-0.15, -0.1) is 0 Å². The molecule has 0 aliphatic carbocycles. The maximum absolute atomic E-state index is 3.86. The van der Waals surface area contributed by atoms with E-state index in [1.807, 2.05) is 24.3 Å². The van der Waals surface area contributed by atoms with E-state index in [2.05, 4.69) is 44.3 Å². The van der Waals surface area contributed by atoms with Crippen LogP contribution in [0.4, 0.5) is 0 Å². The van der Waals surface area contributed by atoms with Crippen molar-refractivity contribution in [1.29, 1.82) is 0 Å². The van der Waals surface area contributed by atoms with Crippen LogP contribution in [0.2, 0.25) is 0 Å². The van der Waals surface area contributed by atoms with E-state index >= 15 is 0 Å². The second-order valence-electron chi connectivity index (χ2n) is 3.00. The second-order valence-corrected chi connectivity index (χ2v) is 5.30. The third-order valence-electron chi connectivity index (χ3n) is 2.08. The molecule has 1 atom stereocenters. The molecule has 15 heavy (non-hydrogen) atoms. The molecule has 0 amide bonds. The summed E-state index contributed by atoms with van der Waals surface area (Å²) in [7, 11) is 0.139. The van der Waals surface area contributed by atoms with E-state index in [1.54, 1.807) is 0 Å². The van der Waals surface area contributed by atoms with Gasteiger partial charge in [0.1, 0.15) is 5.75 Å². The first kappa shape index (κ1) is 11.9. The van der Waals surface area contributed by atoms with Crippen LogP contribution < -0.4 is 0 Å². The normalized spacial score (nSPS) is 13.3. The fourth-order valence-corrected chi connectivity index (χ4v) is 3.31. The zero-order valence-corrected chi connectivity index (χ0v) is 9.96. The first-order valence-electron chi connectivity index (χ1n) is 5.04. The molecule has 0 spiro atoms. The SMILES string of the molecule is C=C/C=C(\C=C)[S+](CC)c1ccccc1. The number of benzene rings is 1. The van der Waals surface area contributed by atoms with Crippen molar-refractivity contribution in [2.75, 3.05) is 5.75 Å². The molecule has 1 heteroatoms. The fraction of sp³-hybridized carbons (Fsp3) is 0.143. The van der Waals surface area contributed by atoms with Crippen LogP contribution in [-0.2, 0) is 10.9 Å². The quantitative estimate of drug-likeness (QED) is 0.517. The summed E-state index contributed by atoms with van der Waals surface area (Å²) in [4.78, 5) is 2.63. The van der Waals surface area contributed by atoms with E-state index < -0.39 is 0 Å². The van der Waals surface area contributed by atoms with Crippen molar-refractivity contribution < 1.29 is 0 Å². The summed E-state index contributed by atoms with van der Waals surface area (Å²) in [5.74, 6) is 1.11. The second kappa shape index (κ2) is 6.31. The predicted octanol–water partition coefficient (Wildman–Crippen LogP) is 3.94. The van der Waals surface area contributed by atoms with Gasteiger partial charge in [0, 0.05) is 0 Å². The maximum atomic E-state index is 3.86. The molecule has 78 valence electrons. The van der Waals surface area contributed by atoms with E-state index in [4.69, 9.17) is 0 Å². The van der Waals surface area contributed by atoms with Crippen LogP contribution in [-0.4, -0.2) is 5.75 Å². The molecule has 0 nitrogen and oxygen atoms in total. The van der Waals surface area contributed by atoms with Gasteiger partial charge in [-0.2, -0.15) is 0 Å². The summed E-state index contributed by atoms with van der Waals surface area (Å²) in [6, 6.07) is 10.6. The van der Waals surface area contributed by atoms with E-state index in [-0.39, 0.29) is 10.9 Å². The Morgan fingerprint density at radius 1 is 1.27 bits per heavy atom. The van der Waals surface area contributed by atoms with Gasteiger partial charge >= 0.3 is 0 Å². The van der Waals surface area contributed by atoms with Crippen molar-refractivity contribution in [3.8, 4) is 0 Å². The molecule has 0 saturated heterocycles. The predicted molar refractivity (Wildman–Crippen MR) is 71.1 cm³/mol. The van der Waals surface area contributed by atoms with Crippen LogP contribution >= 0.6 is 0 Å². The van der Waals surface area contributed by atoms with Crippen molar-refractivity contribution in [1.82, 2.24) is 0 Å². The Kier molecular flexibility index (Phi) is 4.99. The van der Waals surface area contributed by atoms with Gasteiger partial charge < -0.3 is 0 Å². The van der Waals surface area contributed by atoms with Crippen LogP contribution in [0.3, 0.4) is 0 Å². The first-order chi connectivity index (χ1) is 7.33. The fourth-order valence-electron chi connectivity index (χ4n) is 1.42. The number of rotatable bonds is 5. The Hall–Kier alpha value is -1.21. The Labute approximate surface area is 95.4 Å². The summed E-state index contributed by atoms with van der Waals surface area (Å²) < 4.78 is 0. The molecular weight excluding hydrogens is 200 g/mol. The molecule has 1 rings (SSSR count). The van der Waals surface area contributed by atoms with Gasteiger partial charge in [0.15, 0.2) is 9.80 Å². The molecule has 1 aromatic carbocycles. The van der Waals surface area contributed by atoms with Crippen LogP contribution in [0.15, 0.2) is 71.5 Å². The average molecular weight is 217 g/mol. The van der Waals surface area contributed by atoms with Gasteiger partial charge in [-0.3, -0.25) is 0 Å². The molecule has 0 aromatic heterocycles.